The van der Waals surface area contributed by atoms with Crippen LogP contribution in [0.4, 0.5) is 10.1 Å². The minimum absolute atomic E-state index is 0.0959. The molecule has 0 unspecified atom stereocenters. The molecule has 1 heterocycles. The van der Waals surface area contributed by atoms with Crippen molar-refractivity contribution in [3.8, 4) is 0 Å². The number of benzene rings is 2. The van der Waals surface area contributed by atoms with Gasteiger partial charge in [-0.2, -0.15) is 4.31 Å². The number of hydrogen-bond donors (Lipinski definition) is 1. The largest absolute Gasteiger partial charge is 0.322 e. The second-order valence-corrected chi connectivity index (χ2v) is 8.24. The Kier molecular flexibility index (Phi) is 5.88. The molecule has 3 rings (SSSR count). The molecule has 1 fully saturated rings. The Morgan fingerprint density at radius 3 is 2.44 bits per heavy atom. The first kappa shape index (κ1) is 19.5. The summed E-state index contributed by atoms with van der Waals surface area (Å²) in [6.07, 6.45) is 0. The van der Waals surface area contributed by atoms with E-state index in [0.717, 1.165) is 6.54 Å². The lowest BCUT2D eigenvalue weighted by atomic mass is 10.2. The number of rotatable bonds is 5. The summed E-state index contributed by atoms with van der Waals surface area (Å²) in [6.45, 7) is 5.19. The zero-order valence-electron chi connectivity index (χ0n) is 15.1. The maximum atomic E-state index is 13.7. The van der Waals surface area contributed by atoms with Crippen LogP contribution in [0.1, 0.15) is 17.3 Å². The first-order chi connectivity index (χ1) is 12.9. The first-order valence-electron chi connectivity index (χ1n) is 8.80. The van der Waals surface area contributed by atoms with Crippen molar-refractivity contribution in [3.63, 3.8) is 0 Å². The summed E-state index contributed by atoms with van der Waals surface area (Å²) in [4.78, 5) is 14.6. The second-order valence-electron chi connectivity index (χ2n) is 6.30. The van der Waals surface area contributed by atoms with Gasteiger partial charge in [0, 0.05) is 31.9 Å². The molecule has 1 aliphatic rings. The molecular weight excluding hydrogens is 369 g/mol. The van der Waals surface area contributed by atoms with E-state index in [1.54, 1.807) is 18.2 Å². The number of sulfonamides is 1. The third kappa shape index (κ3) is 4.35. The molecule has 0 saturated carbocycles. The van der Waals surface area contributed by atoms with Crippen LogP contribution < -0.4 is 5.32 Å². The Labute approximate surface area is 158 Å². The van der Waals surface area contributed by atoms with E-state index >= 15 is 0 Å². The van der Waals surface area contributed by atoms with Crippen molar-refractivity contribution in [2.75, 3.05) is 38.0 Å². The molecule has 0 aliphatic carbocycles. The lowest BCUT2D eigenvalue weighted by molar-refractivity contribution is 0.102. The molecule has 1 amide bonds. The SMILES string of the molecule is CCN1CCN(S(=O)(=O)c2cccc(NC(=O)c3ccccc3F)c2)CC1. The van der Waals surface area contributed by atoms with E-state index in [-0.39, 0.29) is 10.5 Å². The fourth-order valence-electron chi connectivity index (χ4n) is 3.01. The van der Waals surface area contributed by atoms with Crippen molar-refractivity contribution < 1.29 is 17.6 Å². The molecule has 1 saturated heterocycles. The van der Waals surface area contributed by atoms with E-state index in [1.165, 1.54) is 34.6 Å². The van der Waals surface area contributed by atoms with Crippen LogP contribution in [0.3, 0.4) is 0 Å². The summed E-state index contributed by atoms with van der Waals surface area (Å²) in [5, 5.41) is 2.56. The number of nitrogens with one attached hydrogen (secondary N) is 1. The molecule has 1 aliphatic heterocycles. The number of carbonyl (C=O) groups excluding carboxylic acids is 1. The van der Waals surface area contributed by atoms with Gasteiger partial charge in [0.2, 0.25) is 10.0 Å². The molecule has 0 aromatic heterocycles. The summed E-state index contributed by atoms with van der Waals surface area (Å²) in [5.74, 6) is -1.26. The molecule has 0 atom stereocenters. The highest BCUT2D eigenvalue weighted by atomic mass is 32.2. The van der Waals surface area contributed by atoms with Gasteiger partial charge in [0.05, 0.1) is 10.5 Å². The standard InChI is InChI=1S/C19H22FN3O3S/c1-2-22-10-12-23(13-11-22)27(25,26)16-7-5-6-15(14-16)21-19(24)17-8-3-4-9-18(17)20/h3-9,14H,2,10-13H2,1H3,(H,21,24). The number of hydrogen-bond acceptors (Lipinski definition) is 4. The van der Waals surface area contributed by atoms with Crippen LogP contribution in [0.5, 0.6) is 0 Å². The number of nitrogens with zero attached hydrogens (tertiary/aromatic N) is 2. The zero-order valence-corrected chi connectivity index (χ0v) is 15.9. The van der Waals surface area contributed by atoms with E-state index in [9.17, 15) is 17.6 Å². The third-order valence-corrected chi connectivity index (χ3v) is 6.52. The number of piperazine rings is 1. The van der Waals surface area contributed by atoms with Crippen LogP contribution in [-0.4, -0.2) is 56.3 Å². The molecule has 2 aromatic carbocycles. The van der Waals surface area contributed by atoms with Gasteiger partial charge in [-0.25, -0.2) is 12.8 Å². The Balaban J connectivity index is 1.77. The van der Waals surface area contributed by atoms with E-state index in [2.05, 4.69) is 10.2 Å². The van der Waals surface area contributed by atoms with Crippen LogP contribution >= 0.6 is 0 Å². The number of likely N-dealkylation sites (N-methyl/N-ethyl adjacent to an activating group) is 1. The highest BCUT2D eigenvalue weighted by Gasteiger charge is 2.28. The molecule has 8 heteroatoms. The summed E-state index contributed by atoms with van der Waals surface area (Å²) < 4.78 is 41.0. The molecule has 144 valence electrons. The van der Waals surface area contributed by atoms with Gasteiger partial charge in [-0.3, -0.25) is 4.79 Å². The first-order valence-corrected chi connectivity index (χ1v) is 10.2. The van der Waals surface area contributed by atoms with E-state index in [1.807, 2.05) is 6.92 Å². The van der Waals surface area contributed by atoms with Crippen molar-refractivity contribution in [1.29, 1.82) is 0 Å². The average molecular weight is 391 g/mol. The average Bonchev–Trinajstić information content (AvgIpc) is 2.68. The van der Waals surface area contributed by atoms with E-state index in [4.69, 9.17) is 0 Å². The van der Waals surface area contributed by atoms with Crippen LogP contribution in [0.15, 0.2) is 53.4 Å². The molecule has 2 aromatic rings. The number of halogens is 1. The molecule has 27 heavy (non-hydrogen) atoms. The normalized spacial score (nSPS) is 16.2. The second kappa shape index (κ2) is 8.16. The van der Waals surface area contributed by atoms with E-state index in [0.29, 0.717) is 31.9 Å². The van der Waals surface area contributed by atoms with Crippen molar-refractivity contribution in [2.45, 2.75) is 11.8 Å². The van der Waals surface area contributed by atoms with Crippen molar-refractivity contribution >= 4 is 21.6 Å². The Bertz CT molecular complexity index is 925. The predicted octanol–water partition coefficient (Wildman–Crippen LogP) is 2.40. The lowest BCUT2D eigenvalue weighted by Crippen LogP contribution is -2.48. The maximum Gasteiger partial charge on any atom is 0.258 e. The van der Waals surface area contributed by atoms with Crippen LogP contribution in [0.25, 0.3) is 0 Å². The highest BCUT2D eigenvalue weighted by molar-refractivity contribution is 7.89. The van der Waals surface area contributed by atoms with E-state index < -0.39 is 21.7 Å². The topological polar surface area (TPSA) is 69.7 Å². The number of carbonyl (C=O) groups is 1. The maximum absolute atomic E-state index is 13.7. The van der Waals surface area contributed by atoms with Gasteiger partial charge < -0.3 is 10.2 Å². The number of amides is 1. The minimum Gasteiger partial charge on any atom is -0.322 e. The van der Waals surface area contributed by atoms with Crippen LogP contribution in [0.2, 0.25) is 0 Å². The van der Waals surface area contributed by atoms with Crippen LogP contribution in [0, 0.1) is 5.82 Å². The Hall–Kier alpha value is -2.29. The van der Waals surface area contributed by atoms with Crippen molar-refractivity contribution in [3.05, 3.63) is 59.9 Å². The lowest BCUT2D eigenvalue weighted by Gasteiger charge is -2.33. The Morgan fingerprint density at radius 2 is 1.78 bits per heavy atom. The van der Waals surface area contributed by atoms with Gasteiger partial charge in [0.15, 0.2) is 0 Å². The van der Waals surface area contributed by atoms with Crippen molar-refractivity contribution in [2.24, 2.45) is 0 Å². The van der Waals surface area contributed by atoms with Crippen molar-refractivity contribution in [1.82, 2.24) is 9.21 Å². The minimum atomic E-state index is -3.64. The highest BCUT2D eigenvalue weighted by Crippen LogP contribution is 2.21. The quantitative estimate of drug-likeness (QED) is 0.850. The summed E-state index contributed by atoms with van der Waals surface area (Å²) in [5.41, 5.74) is 0.206. The van der Waals surface area contributed by atoms with Crippen LogP contribution in [-0.2, 0) is 10.0 Å². The van der Waals surface area contributed by atoms with Gasteiger partial charge in [-0.15, -0.1) is 0 Å². The fraction of sp³-hybridized carbons (Fsp3) is 0.316. The zero-order chi connectivity index (χ0) is 19.4. The molecule has 6 nitrogen and oxygen atoms in total. The monoisotopic (exact) mass is 391 g/mol. The smallest absolute Gasteiger partial charge is 0.258 e. The van der Waals surface area contributed by atoms with Gasteiger partial charge in [0.1, 0.15) is 5.82 Å². The summed E-state index contributed by atoms with van der Waals surface area (Å²) in [7, 11) is -3.64. The Morgan fingerprint density at radius 1 is 1.07 bits per heavy atom. The van der Waals surface area contributed by atoms with Gasteiger partial charge >= 0.3 is 0 Å². The van der Waals surface area contributed by atoms with Gasteiger partial charge in [-0.05, 0) is 36.9 Å². The number of anilines is 1. The predicted molar refractivity (Wildman–Crippen MR) is 102 cm³/mol. The third-order valence-electron chi connectivity index (χ3n) is 4.63. The molecule has 0 radical (unpaired) electrons. The molecule has 0 spiro atoms. The molecular formula is C19H22FN3O3S. The summed E-state index contributed by atoms with van der Waals surface area (Å²) >= 11 is 0. The fourth-order valence-corrected chi connectivity index (χ4v) is 4.48. The van der Waals surface area contributed by atoms with Gasteiger partial charge in [-0.1, -0.05) is 25.1 Å². The summed E-state index contributed by atoms with van der Waals surface area (Å²) in [6, 6.07) is 11.7. The van der Waals surface area contributed by atoms with Gasteiger partial charge in [0.25, 0.3) is 5.91 Å². The molecule has 1 N–H and O–H groups in total. The molecule has 0 bridgehead atoms.